The van der Waals surface area contributed by atoms with E-state index < -0.39 is 0 Å². The molecule has 28 heavy (non-hydrogen) atoms. The Bertz CT molecular complexity index is 704. The van der Waals surface area contributed by atoms with E-state index >= 15 is 0 Å². The predicted octanol–water partition coefficient (Wildman–Crippen LogP) is 2.05. The Morgan fingerprint density at radius 3 is 2.18 bits per heavy atom. The summed E-state index contributed by atoms with van der Waals surface area (Å²) >= 11 is 0. The molecule has 0 aromatic heterocycles. The number of benzene rings is 1. The molecule has 4 rings (SSSR count). The molecule has 3 fully saturated rings. The lowest BCUT2D eigenvalue weighted by Crippen LogP contribution is -2.44. The van der Waals surface area contributed by atoms with Crippen molar-refractivity contribution in [1.29, 1.82) is 0 Å². The maximum atomic E-state index is 12.9. The van der Waals surface area contributed by atoms with Crippen LogP contribution in [0.5, 0.6) is 0 Å². The highest BCUT2D eigenvalue weighted by Gasteiger charge is 2.37. The highest BCUT2D eigenvalue weighted by molar-refractivity contribution is 6.00. The summed E-state index contributed by atoms with van der Waals surface area (Å²) in [6.07, 6.45) is 2.48. The Balaban J connectivity index is 1.38. The van der Waals surface area contributed by atoms with Crippen molar-refractivity contribution in [3.8, 4) is 0 Å². The van der Waals surface area contributed by atoms with Gasteiger partial charge in [-0.1, -0.05) is 6.92 Å². The number of piperidine rings is 1. The molecule has 3 aliphatic heterocycles. The smallest absolute Gasteiger partial charge is 0.228 e. The minimum absolute atomic E-state index is 0.0658. The van der Waals surface area contributed by atoms with E-state index in [0.717, 1.165) is 57.8 Å². The lowest BCUT2D eigenvalue weighted by molar-refractivity contribution is -0.137. The van der Waals surface area contributed by atoms with Crippen molar-refractivity contribution in [3.05, 3.63) is 24.3 Å². The Morgan fingerprint density at radius 1 is 0.929 bits per heavy atom. The molecule has 2 amide bonds. The van der Waals surface area contributed by atoms with Gasteiger partial charge in [-0.15, -0.1) is 0 Å². The average molecular weight is 385 g/mol. The van der Waals surface area contributed by atoms with E-state index in [-0.39, 0.29) is 17.7 Å². The van der Waals surface area contributed by atoms with Gasteiger partial charge in [-0.05, 0) is 50.1 Å². The van der Waals surface area contributed by atoms with Crippen LogP contribution in [0.25, 0.3) is 0 Å². The molecule has 3 saturated heterocycles. The first-order chi connectivity index (χ1) is 13.5. The molecule has 3 aliphatic rings. The third-order valence-electron chi connectivity index (χ3n) is 6.60. The molecule has 1 atom stereocenters. The zero-order valence-corrected chi connectivity index (χ0v) is 17.1. The molecule has 152 valence electrons. The number of amides is 2. The van der Waals surface area contributed by atoms with E-state index in [1.165, 1.54) is 5.69 Å². The molecule has 3 heterocycles. The van der Waals surface area contributed by atoms with Crippen molar-refractivity contribution < 1.29 is 9.59 Å². The van der Waals surface area contributed by atoms with E-state index in [2.05, 4.69) is 35.9 Å². The molecular weight excluding hydrogens is 352 g/mol. The Morgan fingerprint density at radius 2 is 1.54 bits per heavy atom. The van der Waals surface area contributed by atoms with Crippen molar-refractivity contribution in [2.24, 2.45) is 11.8 Å². The molecule has 0 aliphatic carbocycles. The fourth-order valence-electron chi connectivity index (χ4n) is 4.52. The Kier molecular flexibility index (Phi) is 5.58. The number of anilines is 2. The molecule has 1 unspecified atom stereocenters. The summed E-state index contributed by atoms with van der Waals surface area (Å²) in [5.74, 6) is 0.732. The lowest BCUT2D eigenvalue weighted by atomic mass is 9.97. The number of carbonyl (C=O) groups is 2. The summed E-state index contributed by atoms with van der Waals surface area (Å²) in [5, 5.41) is 0. The van der Waals surface area contributed by atoms with Gasteiger partial charge in [-0.3, -0.25) is 9.59 Å². The number of likely N-dealkylation sites (N-methyl/N-ethyl adjacent to an activating group) is 1. The Hall–Kier alpha value is -2.08. The molecule has 6 heteroatoms. The molecule has 0 N–H and O–H groups in total. The van der Waals surface area contributed by atoms with E-state index in [0.29, 0.717) is 18.9 Å². The summed E-state index contributed by atoms with van der Waals surface area (Å²) < 4.78 is 0. The standard InChI is InChI=1S/C22H32N4O2/c1-17-7-9-25(10-8-17)22(28)18-15-21(27)26(16-18)20-5-3-19(4-6-20)24-13-11-23(2)12-14-24/h3-6,17-18H,7-16H2,1-2H3. The maximum absolute atomic E-state index is 12.9. The quantitative estimate of drug-likeness (QED) is 0.800. The van der Waals surface area contributed by atoms with Crippen molar-refractivity contribution in [2.45, 2.75) is 26.2 Å². The first kappa shape index (κ1) is 19.2. The SMILES string of the molecule is CC1CCN(C(=O)C2CC(=O)N(c3ccc(N4CCN(C)CC4)cc3)C2)CC1. The summed E-state index contributed by atoms with van der Waals surface area (Å²) in [4.78, 5) is 33.9. The van der Waals surface area contributed by atoms with Crippen LogP contribution in [0.2, 0.25) is 0 Å². The van der Waals surface area contributed by atoms with Crippen molar-refractivity contribution in [3.63, 3.8) is 0 Å². The fourth-order valence-corrected chi connectivity index (χ4v) is 4.52. The first-order valence-electron chi connectivity index (χ1n) is 10.6. The second kappa shape index (κ2) is 8.11. The highest BCUT2D eigenvalue weighted by atomic mass is 16.2. The van der Waals surface area contributed by atoms with Crippen LogP contribution in [0, 0.1) is 11.8 Å². The lowest BCUT2D eigenvalue weighted by Gasteiger charge is -2.34. The third-order valence-corrected chi connectivity index (χ3v) is 6.60. The van der Waals surface area contributed by atoms with E-state index in [1.54, 1.807) is 4.90 Å². The second-order valence-corrected chi connectivity index (χ2v) is 8.72. The summed E-state index contributed by atoms with van der Waals surface area (Å²) in [5.41, 5.74) is 2.11. The molecule has 0 bridgehead atoms. The molecule has 0 spiro atoms. The van der Waals surface area contributed by atoms with Gasteiger partial charge in [0, 0.05) is 63.6 Å². The average Bonchev–Trinajstić information content (AvgIpc) is 3.10. The molecule has 6 nitrogen and oxygen atoms in total. The van der Waals surface area contributed by atoms with Gasteiger partial charge in [0.2, 0.25) is 11.8 Å². The minimum Gasteiger partial charge on any atom is -0.369 e. The van der Waals surface area contributed by atoms with Gasteiger partial charge in [0.15, 0.2) is 0 Å². The molecule has 1 aromatic carbocycles. The molecule has 0 radical (unpaired) electrons. The van der Waals surface area contributed by atoms with Crippen molar-refractivity contribution in [1.82, 2.24) is 9.80 Å². The predicted molar refractivity (Wildman–Crippen MR) is 112 cm³/mol. The number of hydrogen-bond donors (Lipinski definition) is 0. The largest absolute Gasteiger partial charge is 0.369 e. The van der Waals surface area contributed by atoms with Crippen LogP contribution in [0.15, 0.2) is 24.3 Å². The summed E-state index contributed by atoms with van der Waals surface area (Å²) in [6, 6.07) is 8.27. The van der Waals surface area contributed by atoms with Gasteiger partial charge < -0.3 is 19.6 Å². The number of likely N-dealkylation sites (tertiary alicyclic amines) is 1. The van der Waals surface area contributed by atoms with Crippen molar-refractivity contribution >= 4 is 23.2 Å². The summed E-state index contributed by atoms with van der Waals surface area (Å²) in [6.45, 7) is 8.64. The van der Waals surface area contributed by atoms with Crippen LogP contribution in [0.1, 0.15) is 26.2 Å². The van der Waals surface area contributed by atoms with Gasteiger partial charge in [0.1, 0.15) is 0 Å². The van der Waals surface area contributed by atoms with E-state index in [4.69, 9.17) is 0 Å². The fraction of sp³-hybridized carbons (Fsp3) is 0.636. The zero-order chi connectivity index (χ0) is 19.7. The second-order valence-electron chi connectivity index (χ2n) is 8.72. The van der Waals surface area contributed by atoms with E-state index in [1.807, 2.05) is 17.0 Å². The van der Waals surface area contributed by atoms with Crippen molar-refractivity contribution in [2.75, 3.05) is 62.7 Å². The third kappa shape index (κ3) is 4.02. The van der Waals surface area contributed by atoms with Crippen LogP contribution in [0.3, 0.4) is 0 Å². The number of carbonyl (C=O) groups excluding carboxylic acids is 2. The zero-order valence-electron chi connectivity index (χ0n) is 17.1. The molecular formula is C22H32N4O2. The molecule has 1 aromatic rings. The monoisotopic (exact) mass is 384 g/mol. The number of nitrogens with zero attached hydrogens (tertiary/aromatic N) is 4. The van der Waals surface area contributed by atoms with E-state index in [9.17, 15) is 9.59 Å². The number of hydrogen-bond acceptors (Lipinski definition) is 4. The van der Waals surface area contributed by atoms with Gasteiger partial charge in [0.05, 0.1) is 5.92 Å². The van der Waals surface area contributed by atoms with Crippen LogP contribution < -0.4 is 9.80 Å². The Labute approximate surface area is 168 Å². The van der Waals surface area contributed by atoms with Crippen LogP contribution >= 0.6 is 0 Å². The molecule has 0 saturated carbocycles. The van der Waals surface area contributed by atoms with Crippen LogP contribution in [-0.4, -0.2) is 74.5 Å². The normalized spacial score (nSPS) is 24.9. The minimum atomic E-state index is -0.196. The maximum Gasteiger partial charge on any atom is 0.228 e. The van der Waals surface area contributed by atoms with Gasteiger partial charge >= 0.3 is 0 Å². The number of piperazine rings is 1. The summed E-state index contributed by atoms with van der Waals surface area (Å²) in [7, 11) is 2.15. The highest BCUT2D eigenvalue weighted by Crippen LogP contribution is 2.29. The number of rotatable bonds is 3. The van der Waals surface area contributed by atoms with Gasteiger partial charge in [0.25, 0.3) is 0 Å². The van der Waals surface area contributed by atoms with Crippen LogP contribution in [0.4, 0.5) is 11.4 Å². The first-order valence-corrected chi connectivity index (χ1v) is 10.6. The topological polar surface area (TPSA) is 47.1 Å². The van der Waals surface area contributed by atoms with Gasteiger partial charge in [-0.2, -0.15) is 0 Å². The van der Waals surface area contributed by atoms with Gasteiger partial charge in [-0.25, -0.2) is 0 Å². The van der Waals surface area contributed by atoms with Crippen LogP contribution in [-0.2, 0) is 9.59 Å².